The second kappa shape index (κ2) is 14.4. The lowest BCUT2D eigenvalue weighted by atomic mass is 10.0. The maximum Gasteiger partial charge on any atom is 0.119 e. The number of aromatic nitrogens is 2. The van der Waals surface area contributed by atoms with Gasteiger partial charge in [0.1, 0.15) is 11.5 Å². The summed E-state index contributed by atoms with van der Waals surface area (Å²) in [6, 6.07) is 34.1. The first-order chi connectivity index (χ1) is 20.7. The van der Waals surface area contributed by atoms with Crippen molar-refractivity contribution in [1.82, 2.24) is 9.97 Å². The van der Waals surface area contributed by atoms with Gasteiger partial charge >= 0.3 is 0 Å². The molecule has 0 aliphatic heterocycles. The lowest BCUT2D eigenvalue weighted by molar-refractivity contribution is 0.279. The highest BCUT2D eigenvalue weighted by molar-refractivity contribution is 5.72. The Morgan fingerprint density at radius 3 is 1.79 bits per heavy atom. The summed E-state index contributed by atoms with van der Waals surface area (Å²) in [6.45, 7) is 3.42. The number of nitrogens with zero attached hydrogens (tertiary/aromatic N) is 3. The van der Waals surface area contributed by atoms with Gasteiger partial charge in [0.25, 0.3) is 0 Å². The molecule has 5 rings (SSSR count). The Morgan fingerprint density at radius 2 is 1.17 bits per heavy atom. The van der Waals surface area contributed by atoms with E-state index >= 15 is 0 Å². The quantitative estimate of drug-likeness (QED) is 0.145. The summed E-state index contributed by atoms with van der Waals surface area (Å²) < 4.78 is 11.8. The summed E-state index contributed by atoms with van der Waals surface area (Å²) >= 11 is 0. The first-order valence-electron chi connectivity index (χ1n) is 14.2. The van der Waals surface area contributed by atoms with Gasteiger partial charge in [0.15, 0.2) is 0 Å². The summed E-state index contributed by atoms with van der Waals surface area (Å²) in [6.07, 6.45) is 10.8. The molecule has 0 radical (unpaired) electrons. The van der Waals surface area contributed by atoms with Crippen LogP contribution >= 0.6 is 0 Å². The average Bonchev–Trinajstić information content (AvgIpc) is 3.04. The Balaban J connectivity index is 0.995. The normalized spacial score (nSPS) is 10.9. The Kier molecular flexibility index (Phi) is 9.73. The van der Waals surface area contributed by atoms with E-state index in [2.05, 4.69) is 53.3 Å². The molecule has 0 saturated carbocycles. The molecule has 0 atom stereocenters. The number of nitriles is 1. The smallest absolute Gasteiger partial charge is 0.119 e. The molecule has 0 bridgehead atoms. The SMILES string of the molecule is Cc1ccnc(-c2cc(/C=C/c3ccc(OCCCCCOc4ccc(-c5ccc(C#N)cc5)cc4)cc3)ccn2)c1. The minimum absolute atomic E-state index is 0.666. The molecule has 5 aromatic rings. The molecule has 0 spiro atoms. The predicted molar refractivity (Wildman–Crippen MR) is 169 cm³/mol. The van der Waals surface area contributed by atoms with Gasteiger partial charge in [-0.2, -0.15) is 5.26 Å². The second-order valence-electron chi connectivity index (χ2n) is 10.1. The van der Waals surface area contributed by atoms with Crippen LogP contribution in [0.3, 0.4) is 0 Å². The molecule has 208 valence electrons. The predicted octanol–water partition coefficient (Wildman–Crippen LogP) is 8.79. The number of ether oxygens (including phenoxy) is 2. The van der Waals surface area contributed by atoms with Crippen molar-refractivity contribution >= 4 is 12.2 Å². The summed E-state index contributed by atoms with van der Waals surface area (Å²) in [5.74, 6) is 1.74. The molecular formula is C37H33N3O2. The van der Waals surface area contributed by atoms with Crippen LogP contribution < -0.4 is 9.47 Å². The molecule has 2 aromatic heterocycles. The molecule has 0 aliphatic carbocycles. The number of rotatable bonds is 12. The standard InChI is InChI=1S/C37H33N3O2/c1-28-19-21-39-36(25-28)37-26-30(20-22-40-37)6-5-29-9-15-34(16-10-29)41-23-3-2-4-24-42-35-17-13-33(14-18-35)32-11-7-31(27-38)8-12-32/h5-22,25-26H,2-4,23-24H2,1H3/b6-5+. The molecule has 5 heteroatoms. The topological polar surface area (TPSA) is 68.0 Å². The molecular weight excluding hydrogens is 518 g/mol. The van der Waals surface area contributed by atoms with Crippen molar-refractivity contribution < 1.29 is 9.47 Å². The summed E-state index contributed by atoms with van der Waals surface area (Å²) in [7, 11) is 0. The van der Waals surface area contributed by atoms with E-state index in [9.17, 15) is 0 Å². The van der Waals surface area contributed by atoms with Gasteiger partial charge in [-0.3, -0.25) is 9.97 Å². The van der Waals surface area contributed by atoms with E-state index < -0.39 is 0 Å². The summed E-state index contributed by atoms with van der Waals surface area (Å²) in [4.78, 5) is 8.91. The number of benzene rings is 3. The van der Waals surface area contributed by atoms with Crippen molar-refractivity contribution in [1.29, 1.82) is 5.26 Å². The van der Waals surface area contributed by atoms with E-state index in [0.29, 0.717) is 18.8 Å². The van der Waals surface area contributed by atoms with E-state index in [1.807, 2.05) is 91.3 Å². The maximum absolute atomic E-state index is 8.95. The number of unbranched alkanes of at least 4 members (excludes halogenated alkanes) is 2. The largest absolute Gasteiger partial charge is 0.494 e. The zero-order valence-electron chi connectivity index (χ0n) is 23.7. The van der Waals surface area contributed by atoms with Crippen LogP contribution in [0.15, 0.2) is 109 Å². The van der Waals surface area contributed by atoms with E-state index in [1.54, 1.807) is 0 Å². The highest BCUT2D eigenvalue weighted by Crippen LogP contribution is 2.23. The second-order valence-corrected chi connectivity index (χ2v) is 10.1. The van der Waals surface area contributed by atoms with Crippen LogP contribution in [0.5, 0.6) is 11.5 Å². The van der Waals surface area contributed by atoms with Crippen molar-refractivity contribution in [3.05, 3.63) is 132 Å². The molecule has 5 nitrogen and oxygen atoms in total. The van der Waals surface area contributed by atoms with Crippen LogP contribution in [-0.2, 0) is 0 Å². The number of pyridine rings is 2. The third-order valence-corrected chi connectivity index (χ3v) is 6.84. The van der Waals surface area contributed by atoms with Crippen molar-refractivity contribution in [3.8, 4) is 40.1 Å². The van der Waals surface area contributed by atoms with Crippen molar-refractivity contribution in [2.75, 3.05) is 13.2 Å². The molecule has 0 unspecified atom stereocenters. The van der Waals surface area contributed by atoms with E-state index in [0.717, 1.165) is 64.4 Å². The van der Waals surface area contributed by atoms with Crippen LogP contribution in [0.1, 0.15) is 41.5 Å². The highest BCUT2D eigenvalue weighted by Gasteiger charge is 2.03. The average molecular weight is 552 g/mol. The van der Waals surface area contributed by atoms with Gasteiger partial charge in [-0.1, -0.05) is 48.6 Å². The summed E-state index contributed by atoms with van der Waals surface area (Å²) in [5, 5.41) is 8.95. The molecule has 2 heterocycles. The van der Waals surface area contributed by atoms with Crippen molar-refractivity contribution in [2.45, 2.75) is 26.2 Å². The minimum Gasteiger partial charge on any atom is -0.494 e. The van der Waals surface area contributed by atoms with Crippen molar-refractivity contribution in [3.63, 3.8) is 0 Å². The summed E-state index contributed by atoms with van der Waals surface area (Å²) in [5.41, 5.74) is 7.95. The minimum atomic E-state index is 0.666. The lowest BCUT2D eigenvalue weighted by Gasteiger charge is -2.09. The Morgan fingerprint density at radius 1 is 0.619 bits per heavy atom. The lowest BCUT2D eigenvalue weighted by Crippen LogP contribution is -2.01. The fourth-order valence-electron chi connectivity index (χ4n) is 4.48. The molecule has 0 saturated heterocycles. The van der Waals surface area contributed by atoms with Crippen LogP contribution in [0.25, 0.3) is 34.7 Å². The number of hydrogen-bond acceptors (Lipinski definition) is 5. The molecule has 3 aromatic carbocycles. The van der Waals surface area contributed by atoms with Gasteiger partial charge in [0.2, 0.25) is 0 Å². The fraction of sp³-hybridized carbons (Fsp3) is 0.162. The number of aryl methyl sites for hydroxylation is 1. The van der Waals surface area contributed by atoms with Crippen LogP contribution in [0.4, 0.5) is 0 Å². The highest BCUT2D eigenvalue weighted by atomic mass is 16.5. The van der Waals surface area contributed by atoms with E-state index in [1.165, 1.54) is 5.56 Å². The molecule has 0 fully saturated rings. The Bertz CT molecular complexity index is 1650. The maximum atomic E-state index is 8.95. The number of hydrogen-bond donors (Lipinski definition) is 0. The fourth-order valence-corrected chi connectivity index (χ4v) is 4.48. The van der Waals surface area contributed by atoms with Crippen LogP contribution in [0.2, 0.25) is 0 Å². The van der Waals surface area contributed by atoms with Gasteiger partial charge in [0.05, 0.1) is 36.2 Å². The zero-order valence-corrected chi connectivity index (χ0v) is 23.7. The Hall–Kier alpha value is -5.21. The van der Waals surface area contributed by atoms with Gasteiger partial charge in [-0.05, 0) is 115 Å². The molecule has 0 aliphatic rings. The van der Waals surface area contributed by atoms with Gasteiger partial charge in [0, 0.05) is 12.4 Å². The van der Waals surface area contributed by atoms with Crippen LogP contribution in [0, 0.1) is 18.3 Å². The van der Waals surface area contributed by atoms with Crippen LogP contribution in [-0.4, -0.2) is 23.2 Å². The first-order valence-corrected chi connectivity index (χ1v) is 14.2. The molecule has 0 N–H and O–H groups in total. The van der Waals surface area contributed by atoms with Gasteiger partial charge in [-0.15, -0.1) is 0 Å². The van der Waals surface area contributed by atoms with E-state index in [-0.39, 0.29) is 0 Å². The zero-order chi connectivity index (χ0) is 29.0. The monoisotopic (exact) mass is 551 g/mol. The first kappa shape index (κ1) is 28.3. The third kappa shape index (κ3) is 8.16. The Labute approximate surface area is 247 Å². The van der Waals surface area contributed by atoms with Gasteiger partial charge in [-0.25, -0.2) is 0 Å². The third-order valence-electron chi connectivity index (χ3n) is 6.84. The van der Waals surface area contributed by atoms with Gasteiger partial charge < -0.3 is 9.47 Å². The van der Waals surface area contributed by atoms with Crippen molar-refractivity contribution in [2.24, 2.45) is 0 Å². The van der Waals surface area contributed by atoms with E-state index in [4.69, 9.17) is 14.7 Å². The molecule has 0 amide bonds. The molecule has 42 heavy (non-hydrogen) atoms.